The van der Waals surface area contributed by atoms with Crippen LogP contribution in [0.1, 0.15) is 39.4 Å². The van der Waals surface area contributed by atoms with Gasteiger partial charge >= 0.3 is 0 Å². The molecular weight excluding hydrogens is 230 g/mol. The number of rotatable bonds is 5. The van der Waals surface area contributed by atoms with E-state index in [1.54, 1.807) is 0 Å². The van der Waals surface area contributed by atoms with Crippen molar-refractivity contribution < 1.29 is 4.74 Å². The molecule has 1 saturated heterocycles. The first kappa shape index (κ1) is 13.4. The van der Waals surface area contributed by atoms with Gasteiger partial charge in [-0.05, 0) is 42.7 Å². The highest BCUT2D eigenvalue weighted by atomic mass is 16.5. The average Bonchev–Trinajstić information content (AvgIpc) is 2.78. The standard InChI is InChI=1S/C12H23N5O/c1-10(2)8-13-9-11-14-15-16-17(11)12(3)4-6-18-7-5-12/h10,13H,4-9H2,1-3H3. The van der Waals surface area contributed by atoms with Crippen LogP contribution in [0.25, 0.3) is 0 Å². The van der Waals surface area contributed by atoms with Crippen molar-refractivity contribution in [3.63, 3.8) is 0 Å². The van der Waals surface area contributed by atoms with E-state index < -0.39 is 0 Å². The molecule has 1 aromatic heterocycles. The van der Waals surface area contributed by atoms with Gasteiger partial charge in [-0.25, -0.2) is 4.68 Å². The molecule has 0 amide bonds. The smallest absolute Gasteiger partial charge is 0.165 e. The second-order valence-electron chi connectivity index (χ2n) is 5.64. The predicted molar refractivity (Wildman–Crippen MR) is 68.1 cm³/mol. The van der Waals surface area contributed by atoms with Gasteiger partial charge in [-0.15, -0.1) is 5.10 Å². The molecule has 0 atom stereocenters. The molecule has 2 rings (SSSR count). The highest BCUT2D eigenvalue weighted by Crippen LogP contribution is 2.28. The fourth-order valence-electron chi connectivity index (χ4n) is 2.23. The third-order valence-electron chi connectivity index (χ3n) is 3.45. The molecule has 102 valence electrons. The van der Waals surface area contributed by atoms with Crippen LogP contribution in [0.4, 0.5) is 0 Å². The minimum absolute atomic E-state index is 0.00338. The lowest BCUT2D eigenvalue weighted by molar-refractivity contribution is 0.0217. The number of hydrogen-bond donors (Lipinski definition) is 1. The first-order valence-corrected chi connectivity index (χ1v) is 6.68. The third kappa shape index (κ3) is 3.05. The van der Waals surface area contributed by atoms with Gasteiger partial charge in [-0.1, -0.05) is 13.8 Å². The van der Waals surface area contributed by atoms with Crippen LogP contribution >= 0.6 is 0 Å². The Hall–Kier alpha value is -1.01. The molecule has 0 spiro atoms. The van der Waals surface area contributed by atoms with Crippen LogP contribution in [0.3, 0.4) is 0 Å². The molecule has 1 fully saturated rings. The maximum atomic E-state index is 5.42. The SMILES string of the molecule is CC(C)CNCc1nnnn1C1(C)CCOCC1. The van der Waals surface area contributed by atoms with Gasteiger partial charge in [0.1, 0.15) is 0 Å². The van der Waals surface area contributed by atoms with Crippen molar-refractivity contribution in [1.82, 2.24) is 25.5 Å². The van der Waals surface area contributed by atoms with E-state index in [9.17, 15) is 0 Å². The van der Waals surface area contributed by atoms with Crippen LogP contribution in [0.15, 0.2) is 0 Å². The number of aromatic nitrogens is 4. The number of ether oxygens (including phenoxy) is 1. The van der Waals surface area contributed by atoms with Crippen molar-refractivity contribution in [2.24, 2.45) is 5.92 Å². The summed E-state index contributed by atoms with van der Waals surface area (Å²) in [6.45, 7) is 9.86. The molecule has 1 aromatic rings. The van der Waals surface area contributed by atoms with Crippen LogP contribution < -0.4 is 5.32 Å². The third-order valence-corrected chi connectivity index (χ3v) is 3.45. The zero-order valence-electron chi connectivity index (χ0n) is 11.5. The van der Waals surface area contributed by atoms with Crippen molar-refractivity contribution in [1.29, 1.82) is 0 Å². The molecule has 0 unspecified atom stereocenters. The van der Waals surface area contributed by atoms with Gasteiger partial charge in [0.25, 0.3) is 0 Å². The van der Waals surface area contributed by atoms with E-state index in [1.807, 2.05) is 4.68 Å². The summed E-state index contributed by atoms with van der Waals surface area (Å²) in [5.74, 6) is 1.55. The molecule has 1 aliphatic rings. The maximum Gasteiger partial charge on any atom is 0.165 e. The number of nitrogens with zero attached hydrogens (tertiary/aromatic N) is 4. The van der Waals surface area contributed by atoms with E-state index in [1.165, 1.54) is 0 Å². The maximum absolute atomic E-state index is 5.42. The summed E-state index contributed by atoms with van der Waals surface area (Å²) < 4.78 is 7.39. The minimum atomic E-state index is -0.00338. The van der Waals surface area contributed by atoms with Crippen LogP contribution in [-0.4, -0.2) is 40.0 Å². The van der Waals surface area contributed by atoms with E-state index in [0.29, 0.717) is 5.92 Å². The summed E-state index contributed by atoms with van der Waals surface area (Å²) in [5, 5.41) is 15.5. The van der Waals surface area contributed by atoms with Crippen molar-refractivity contribution >= 4 is 0 Å². The highest BCUT2D eigenvalue weighted by Gasteiger charge is 2.32. The fourth-order valence-corrected chi connectivity index (χ4v) is 2.23. The van der Waals surface area contributed by atoms with Gasteiger partial charge < -0.3 is 10.1 Å². The van der Waals surface area contributed by atoms with Gasteiger partial charge in [0.05, 0.1) is 12.1 Å². The average molecular weight is 253 g/mol. The largest absolute Gasteiger partial charge is 0.381 e. The minimum Gasteiger partial charge on any atom is -0.381 e. The van der Waals surface area contributed by atoms with Crippen LogP contribution in [0.2, 0.25) is 0 Å². The lowest BCUT2D eigenvalue weighted by Gasteiger charge is -2.33. The summed E-state index contributed by atoms with van der Waals surface area (Å²) in [5.41, 5.74) is -0.00338. The number of tetrazole rings is 1. The second-order valence-corrected chi connectivity index (χ2v) is 5.64. The van der Waals surface area contributed by atoms with Gasteiger partial charge in [-0.3, -0.25) is 0 Å². The molecule has 6 heteroatoms. The lowest BCUT2D eigenvalue weighted by atomic mass is 9.92. The molecular formula is C12H23N5O. The Balaban J connectivity index is 2.02. The van der Waals surface area contributed by atoms with Crippen molar-refractivity contribution in [2.45, 2.75) is 45.7 Å². The van der Waals surface area contributed by atoms with Crippen molar-refractivity contribution in [2.75, 3.05) is 19.8 Å². The molecule has 18 heavy (non-hydrogen) atoms. The Morgan fingerprint density at radius 2 is 2.11 bits per heavy atom. The van der Waals surface area contributed by atoms with E-state index in [0.717, 1.165) is 45.0 Å². The summed E-state index contributed by atoms with van der Waals surface area (Å²) >= 11 is 0. The number of nitrogens with one attached hydrogen (secondary N) is 1. The Morgan fingerprint density at radius 3 is 2.78 bits per heavy atom. The molecule has 0 saturated carbocycles. The van der Waals surface area contributed by atoms with Crippen LogP contribution in [-0.2, 0) is 16.8 Å². The van der Waals surface area contributed by atoms with Crippen molar-refractivity contribution in [3.8, 4) is 0 Å². The van der Waals surface area contributed by atoms with Gasteiger partial charge in [0, 0.05) is 13.2 Å². The van der Waals surface area contributed by atoms with Crippen molar-refractivity contribution in [3.05, 3.63) is 5.82 Å². The van der Waals surface area contributed by atoms with Crippen LogP contribution in [0.5, 0.6) is 0 Å². The number of hydrogen-bond acceptors (Lipinski definition) is 5. The lowest BCUT2D eigenvalue weighted by Crippen LogP contribution is -2.39. The predicted octanol–water partition coefficient (Wildman–Crippen LogP) is 0.944. The summed E-state index contributed by atoms with van der Waals surface area (Å²) in [6.07, 6.45) is 1.93. The zero-order chi connectivity index (χ0) is 13.0. The molecule has 0 bridgehead atoms. The Kier molecular flexibility index (Phi) is 4.29. The molecule has 1 aliphatic heterocycles. The topological polar surface area (TPSA) is 64.9 Å². The summed E-state index contributed by atoms with van der Waals surface area (Å²) in [7, 11) is 0. The molecule has 6 nitrogen and oxygen atoms in total. The second kappa shape index (κ2) is 5.75. The Morgan fingerprint density at radius 1 is 1.39 bits per heavy atom. The zero-order valence-corrected chi connectivity index (χ0v) is 11.5. The highest BCUT2D eigenvalue weighted by molar-refractivity contribution is 4.91. The quantitative estimate of drug-likeness (QED) is 0.846. The molecule has 0 aromatic carbocycles. The monoisotopic (exact) mass is 253 g/mol. The van der Waals surface area contributed by atoms with Gasteiger partial charge in [0.15, 0.2) is 5.82 Å². The van der Waals surface area contributed by atoms with Gasteiger partial charge in [-0.2, -0.15) is 0 Å². The van der Waals surface area contributed by atoms with E-state index in [-0.39, 0.29) is 5.54 Å². The Labute approximate surface area is 108 Å². The van der Waals surface area contributed by atoms with Gasteiger partial charge in [0.2, 0.25) is 0 Å². The molecule has 1 N–H and O–H groups in total. The first-order chi connectivity index (χ1) is 8.62. The fraction of sp³-hybridized carbons (Fsp3) is 0.917. The normalized spacial score (nSPS) is 19.3. The van der Waals surface area contributed by atoms with Crippen LogP contribution in [0, 0.1) is 5.92 Å². The summed E-state index contributed by atoms with van der Waals surface area (Å²) in [4.78, 5) is 0. The molecule has 2 heterocycles. The Bertz CT molecular complexity index is 370. The molecule has 0 radical (unpaired) electrons. The van der Waals surface area contributed by atoms with E-state index >= 15 is 0 Å². The molecule has 0 aliphatic carbocycles. The van der Waals surface area contributed by atoms with E-state index in [2.05, 4.69) is 41.6 Å². The summed E-state index contributed by atoms with van der Waals surface area (Å²) in [6, 6.07) is 0. The first-order valence-electron chi connectivity index (χ1n) is 6.68. The van der Waals surface area contributed by atoms with E-state index in [4.69, 9.17) is 4.74 Å².